The van der Waals surface area contributed by atoms with Gasteiger partial charge in [0.25, 0.3) is 0 Å². The van der Waals surface area contributed by atoms with Crippen molar-refractivity contribution in [3.8, 4) is 5.75 Å². The molecule has 3 heteroatoms. The first kappa shape index (κ1) is 19.0. The van der Waals surface area contributed by atoms with Gasteiger partial charge in [-0.2, -0.15) is 0 Å². The van der Waals surface area contributed by atoms with Crippen molar-refractivity contribution in [2.24, 2.45) is 11.1 Å². The third-order valence-corrected chi connectivity index (χ3v) is 3.68. The third-order valence-electron chi connectivity index (χ3n) is 3.68. The van der Waals surface area contributed by atoms with Crippen LogP contribution in [0, 0.1) is 12.3 Å². The Morgan fingerprint density at radius 3 is 2.23 bits per heavy atom. The van der Waals surface area contributed by atoms with Crippen molar-refractivity contribution in [3.05, 3.63) is 29.3 Å². The molecule has 0 heterocycles. The Hall–Kier alpha value is -1.06. The molecule has 1 aromatic carbocycles. The van der Waals surface area contributed by atoms with Gasteiger partial charge in [-0.25, -0.2) is 0 Å². The minimum Gasteiger partial charge on any atom is -0.491 e. The summed E-state index contributed by atoms with van der Waals surface area (Å²) in [4.78, 5) is 0. The normalized spacial score (nSPS) is 12.5. The molecular formula is C19H33NO2. The summed E-state index contributed by atoms with van der Waals surface area (Å²) in [7, 11) is 0. The number of hydrogen-bond acceptors (Lipinski definition) is 3. The van der Waals surface area contributed by atoms with Crippen molar-refractivity contribution < 1.29 is 9.47 Å². The van der Waals surface area contributed by atoms with Crippen LogP contribution in [0.5, 0.6) is 5.75 Å². The van der Waals surface area contributed by atoms with Crippen LogP contribution in [0.1, 0.15) is 52.2 Å². The van der Waals surface area contributed by atoms with Crippen LogP contribution < -0.4 is 10.5 Å². The molecule has 0 aliphatic rings. The van der Waals surface area contributed by atoms with Gasteiger partial charge in [0.15, 0.2) is 0 Å². The van der Waals surface area contributed by atoms with Gasteiger partial charge in [-0.3, -0.25) is 0 Å². The van der Waals surface area contributed by atoms with E-state index in [9.17, 15) is 0 Å². The lowest BCUT2D eigenvalue weighted by Crippen LogP contribution is -2.25. The van der Waals surface area contributed by atoms with E-state index in [-0.39, 0.29) is 5.41 Å². The molecule has 2 N–H and O–H groups in total. The highest BCUT2D eigenvalue weighted by Crippen LogP contribution is 2.37. The summed E-state index contributed by atoms with van der Waals surface area (Å²) >= 11 is 0. The lowest BCUT2D eigenvalue weighted by molar-refractivity contribution is 0.105. The molecule has 0 aromatic heterocycles. The Labute approximate surface area is 136 Å². The molecule has 0 unspecified atom stereocenters. The van der Waals surface area contributed by atoms with Crippen LogP contribution in [0.25, 0.3) is 0 Å². The maximum Gasteiger partial charge on any atom is 0.122 e. The van der Waals surface area contributed by atoms with E-state index in [1.807, 2.05) is 0 Å². The van der Waals surface area contributed by atoms with E-state index in [1.165, 1.54) is 11.1 Å². The molecule has 0 saturated heterocycles. The van der Waals surface area contributed by atoms with E-state index >= 15 is 0 Å². The molecule has 0 spiro atoms. The zero-order valence-electron chi connectivity index (χ0n) is 15.2. The monoisotopic (exact) mass is 307 g/mol. The lowest BCUT2D eigenvalue weighted by Gasteiger charge is -2.33. The Kier molecular flexibility index (Phi) is 6.89. The van der Waals surface area contributed by atoms with Crippen LogP contribution in [-0.2, 0) is 10.2 Å². The summed E-state index contributed by atoms with van der Waals surface area (Å²) in [5.41, 5.74) is 8.40. The molecule has 1 rings (SSSR count). The minimum absolute atomic E-state index is 0.159. The first-order valence-electron chi connectivity index (χ1n) is 8.17. The summed E-state index contributed by atoms with van der Waals surface area (Å²) < 4.78 is 11.1. The summed E-state index contributed by atoms with van der Waals surface area (Å²) in [6, 6.07) is 6.52. The zero-order valence-corrected chi connectivity index (χ0v) is 15.2. The molecule has 3 nitrogen and oxygen atoms in total. The average molecular weight is 307 g/mol. The summed E-state index contributed by atoms with van der Waals surface area (Å²) in [6.07, 6.45) is 1.15. The standard InChI is InChI=1S/C19H33NO2/c1-15-13-16(19(5,6)14-18(2,3)4)7-8-17(15)22-12-11-21-10-9-20/h7-8,13H,9-12,14,20H2,1-6H3. The van der Waals surface area contributed by atoms with Gasteiger partial charge in [0.05, 0.1) is 13.2 Å². The second kappa shape index (κ2) is 7.98. The lowest BCUT2D eigenvalue weighted by atomic mass is 9.72. The largest absolute Gasteiger partial charge is 0.491 e. The summed E-state index contributed by atoms with van der Waals surface area (Å²) in [6.45, 7) is 15.9. The first-order chi connectivity index (χ1) is 10.2. The zero-order chi connectivity index (χ0) is 16.8. The number of aryl methyl sites for hydroxylation is 1. The number of hydrogen-bond donors (Lipinski definition) is 1. The minimum atomic E-state index is 0.159. The number of nitrogens with two attached hydrogens (primary N) is 1. The Morgan fingerprint density at radius 1 is 1.00 bits per heavy atom. The van der Waals surface area contributed by atoms with Crippen LogP contribution in [0.2, 0.25) is 0 Å². The summed E-state index contributed by atoms with van der Waals surface area (Å²) in [5.74, 6) is 0.937. The van der Waals surface area contributed by atoms with E-state index in [1.54, 1.807) is 0 Å². The highest BCUT2D eigenvalue weighted by Gasteiger charge is 2.27. The van der Waals surface area contributed by atoms with Crippen molar-refractivity contribution in [3.63, 3.8) is 0 Å². The Bertz CT molecular complexity index is 461. The highest BCUT2D eigenvalue weighted by molar-refractivity contribution is 5.39. The topological polar surface area (TPSA) is 44.5 Å². The first-order valence-corrected chi connectivity index (χ1v) is 8.17. The predicted octanol–water partition coefficient (Wildman–Crippen LogP) is 4.06. The molecule has 126 valence electrons. The number of rotatable bonds is 8. The molecule has 0 bridgehead atoms. The van der Waals surface area contributed by atoms with Crippen LogP contribution in [0.15, 0.2) is 18.2 Å². The second-order valence-corrected chi connectivity index (χ2v) is 7.85. The van der Waals surface area contributed by atoms with Crippen LogP contribution in [0.4, 0.5) is 0 Å². The van der Waals surface area contributed by atoms with Crippen molar-refractivity contribution in [2.45, 2.75) is 53.4 Å². The molecule has 0 saturated carbocycles. The molecule has 0 atom stereocenters. The second-order valence-electron chi connectivity index (χ2n) is 7.85. The van der Waals surface area contributed by atoms with Crippen LogP contribution >= 0.6 is 0 Å². The summed E-state index contributed by atoms with van der Waals surface area (Å²) in [5, 5.41) is 0. The molecule has 0 aliphatic heterocycles. The van der Waals surface area contributed by atoms with Gasteiger partial charge in [0.1, 0.15) is 12.4 Å². The van der Waals surface area contributed by atoms with Gasteiger partial charge in [-0.05, 0) is 41.4 Å². The van der Waals surface area contributed by atoms with Crippen molar-refractivity contribution in [1.82, 2.24) is 0 Å². The van der Waals surface area contributed by atoms with Crippen molar-refractivity contribution >= 4 is 0 Å². The molecular weight excluding hydrogens is 274 g/mol. The fraction of sp³-hybridized carbons (Fsp3) is 0.684. The third kappa shape index (κ3) is 6.37. The number of ether oxygens (including phenoxy) is 2. The van der Waals surface area contributed by atoms with Crippen LogP contribution in [-0.4, -0.2) is 26.4 Å². The van der Waals surface area contributed by atoms with Crippen LogP contribution in [0.3, 0.4) is 0 Å². The predicted molar refractivity (Wildman–Crippen MR) is 93.6 cm³/mol. The molecule has 0 radical (unpaired) electrons. The van der Waals surface area contributed by atoms with Crippen molar-refractivity contribution in [1.29, 1.82) is 0 Å². The maximum absolute atomic E-state index is 5.79. The van der Waals surface area contributed by atoms with E-state index in [2.05, 4.69) is 59.7 Å². The van der Waals surface area contributed by atoms with Gasteiger partial charge >= 0.3 is 0 Å². The SMILES string of the molecule is Cc1cc(C(C)(C)CC(C)(C)C)ccc1OCCOCCN. The fourth-order valence-electron chi connectivity index (χ4n) is 3.06. The smallest absolute Gasteiger partial charge is 0.122 e. The molecule has 22 heavy (non-hydrogen) atoms. The van der Waals surface area contributed by atoms with E-state index in [4.69, 9.17) is 15.2 Å². The number of benzene rings is 1. The highest BCUT2D eigenvalue weighted by atomic mass is 16.5. The van der Waals surface area contributed by atoms with Gasteiger partial charge in [0.2, 0.25) is 0 Å². The molecule has 1 aromatic rings. The average Bonchev–Trinajstić information content (AvgIpc) is 2.37. The fourth-order valence-corrected chi connectivity index (χ4v) is 3.06. The Morgan fingerprint density at radius 2 is 1.68 bits per heavy atom. The molecule has 0 amide bonds. The Balaban J connectivity index is 2.68. The molecule has 0 fully saturated rings. The van der Waals surface area contributed by atoms with Gasteiger partial charge < -0.3 is 15.2 Å². The van der Waals surface area contributed by atoms with Crippen molar-refractivity contribution in [2.75, 3.05) is 26.4 Å². The maximum atomic E-state index is 5.79. The van der Waals surface area contributed by atoms with Gasteiger partial charge in [-0.1, -0.05) is 46.8 Å². The van der Waals surface area contributed by atoms with E-state index in [0.717, 1.165) is 12.2 Å². The van der Waals surface area contributed by atoms with Gasteiger partial charge in [-0.15, -0.1) is 0 Å². The van der Waals surface area contributed by atoms with E-state index < -0.39 is 0 Å². The molecule has 0 aliphatic carbocycles. The van der Waals surface area contributed by atoms with Gasteiger partial charge in [0, 0.05) is 6.54 Å². The quantitative estimate of drug-likeness (QED) is 0.737. The van der Waals surface area contributed by atoms with E-state index in [0.29, 0.717) is 31.8 Å².